The number of halogens is 1. The van der Waals surface area contributed by atoms with E-state index in [0.29, 0.717) is 5.69 Å². The standard InChI is InChI=1S/C18H16FNO3/c1-13-5-2-3-6-14(13)9-10-18(22)23-12-17(21)20-16-8-4-7-15(19)11-16/h2-11H,12H2,1H3,(H,20,21)/b10-9+. The number of hydrogen-bond acceptors (Lipinski definition) is 3. The highest BCUT2D eigenvalue weighted by Gasteiger charge is 2.06. The van der Waals surface area contributed by atoms with Crippen molar-refractivity contribution in [1.82, 2.24) is 0 Å². The van der Waals surface area contributed by atoms with E-state index in [4.69, 9.17) is 4.74 Å². The van der Waals surface area contributed by atoms with Gasteiger partial charge in [0.15, 0.2) is 6.61 Å². The van der Waals surface area contributed by atoms with Gasteiger partial charge in [-0.15, -0.1) is 0 Å². The third-order valence-corrected chi connectivity index (χ3v) is 3.04. The number of aryl methyl sites for hydroxylation is 1. The molecule has 2 aromatic carbocycles. The lowest BCUT2D eigenvalue weighted by molar-refractivity contribution is -0.142. The Kier molecular flexibility index (Phi) is 5.63. The van der Waals surface area contributed by atoms with Crippen LogP contribution in [0, 0.1) is 12.7 Å². The molecule has 4 nitrogen and oxygen atoms in total. The minimum atomic E-state index is -0.623. The summed E-state index contributed by atoms with van der Waals surface area (Å²) in [5.41, 5.74) is 2.23. The minimum Gasteiger partial charge on any atom is -0.452 e. The Morgan fingerprint density at radius 3 is 2.70 bits per heavy atom. The van der Waals surface area contributed by atoms with Gasteiger partial charge in [0.2, 0.25) is 0 Å². The van der Waals surface area contributed by atoms with Crippen molar-refractivity contribution in [1.29, 1.82) is 0 Å². The minimum absolute atomic E-state index is 0.307. The van der Waals surface area contributed by atoms with Crippen molar-refractivity contribution >= 4 is 23.6 Å². The second-order valence-corrected chi connectivity index (χ2v) is 4.86. The summed E-state index contributed by atoms with van der Waals surface area (Å²) in [5.74, 6) is -1.61. The third kappa shape index (κ3) is 5.39. The van der Waals surface area contributed by atoms with E-state index in [-0.39, 0.29) is 0 Å². The molecule has 0 saturated heterocycles. The van der Waals surface area contributed by atoms with Crippen molar-refractivity contribution in [3.8, 4) is 0 Å². The summed E-state index contributed by atoms with van der Waals surface area (Å²) < 4.78 is 17.8. The second kappa shape index (κ2) is 7.89. The Balaban J connectivity index is 1.82. The van der Waals surface area contributed by atoms with Crippen molar-refractivity contribution in [3.05, 3.63) is 71.6 Å². The zero-order valence-corrected chi connectivity index (χ0v) is 12.6. The third-order valence-electron chi connectivity index (χ3n) is 3.04. The van der Waals surface area contributed by atoms with Crippen LogP contribution in [0.2, 0.25) is 0 Å². The quantitative estimate of drug-likeness (QED) is 0.680. The molecule has 0 unspecified atom stereocenters. The van der Waals surface area contributed by atoms with Crippen molar-refractivity contribution in [3.63, 3.8) is 0 Å². The average Bonchev–Trinajstić information content (AvgIpc) is 2.52. The monoisotopic (exact) mass is 313 g/mol. The number of anilines is 1. The summed E-state index contributed by atoms with van der Waals surface area (Å²) >= 11 is 0. The number of esters is 1. The maximum Gasteiger partial charge on any atom is 0.331 e. The van der Waals surface area contributed by atoms with E-state index in [0.717, 1.165) is 11.1 Å². The van der Waals surface area contributed by atoms with Crippen molar-refractivity contribution in [2.24, 2.45) is 0 Å². The maximum absolute atomic E-state index is 13.0. The van der Waals surface area contributed by atoms with Crippen LogP contribution in [0.5, 0.6) is 0 Å². The SMILES string of the molecule is Cc1ccccc1/C=C/C(=O)OCC(=O)Nc1cccc(F)c1. The van der Waals surface area contributed by atoms with E-state index < -0.39 is 24.3 Å². The Bertz CT molecular complexity index is 741. The van der Waals surface area contributed by atoms with Gasteiger partial charge in [-0.2, -0.15) is 0 Å². The molecule has 5 heteroatoms. The average molecular weight is 313 g/mol. The van der Waals surface area contributed by atoms with E-state index in [2.05, 4.69) is 5.32 Å². The molecule has 0 fully saturated rings. The van der Waals surface area contributed by atoms with Crippen molar-refractivity contribution in [2.75, 3.05) is 11.9 Å². The van der Waals surface area contributed by atoms with Crippen LogP contribution < -0.4 is 5.32 Å². The van der Waals surface area contributed by atoms with Gasteiger partial charge >= 0.3 is 5.97 Å². The molecular formula is C18H16FNO3. The molecule has 2 rings (SSSR count). The number of ether oxygens (including phenoxy) is 1. The highest BCUT2D eigenvalue weighted by Crippen LogP contribution is 2.10. The summed E-state index contributed by atoms with van der Waals surface area (Å²) in [6.45, 7) is 1.49. The van der Waals surface area contributed by atoms with Crippen LogP contribution in [-0.2, 0) is 14.3 Å². The van der Waals surface area contributed by atoms with Gasteiger partial charge in [-0.3, -0.25) is 4.79 Å². The van der Waals surface area contributed by atoms with Gasteiger partial charge in [0.1, 0.15) is 5.82 Å². The van der Waals surface area contributed by atoms with E-state index in [1.807, 2.05) is 31.2 Å². The number of carbonyl (C=O) groups excluding carboxylic acids is 2. The molecule has 0 heterocycles. The fourth-order valence-corrected chi connectivity index (χ4v) is 1.88. The van der Waals surface area contributed by atoms with Crippen LogP contribution in [0.4, 0.5) is 10.1 Å². The van der Waals surface area contributed by atoms with Gasteiger partial charge in [0, 0.05) is 11.8 Å². The van der Waals surface area contributed by atoms with E-state index in [1.165, 1.54) is 24.3 Å². The lowest BCUT2D eigenvalue weighted by atomic mass is 10.1. The number of benzene rings is 2. The molecular weight excluding hydrogens is 297 g/mol. The molecule has 0 bridgehead atoms. The van der Waals surface area contributed by atoms with Gasteiger partial charge in [-0.25, -0.2) is 9.18 Å². The van der Waals surface area contributed by atoms with Crippen LogP contribution in [-0.4, -0.2) is 18.5 Å². The molecule has 1 amide bonds. The lowest BCUT2D eigenvalue weighted by Gasteiger charge is -2.05. The molecule has 0 aliphatic rings. The first-order chi connectivity index (χ1) is 11.0. The van der Waals surface area contributed by atoms with Gasteiger partial charge in [-0.05, 0) is 42.3 Å². The van der Waals surface area contributed by atoms with Crippen molar-refractivity contribution in [2.45, 2.75) is 6.92 Å². The van der Waals surface area contributed by atoms with Crippen LogP contribution in [0.1, 0.15) is 11.1 Å². The highest BCUT2D eigenvalue weighted by molar-refractivity contribution is 5.94. The Hall–Kier alpha value is -2.95. The molecule has 0 aliphatic heterocycles. The molecule has 23 heavy (non-hydrogen) atoms. The van der Waals surface area contributed by atoms with Gasteiger partial charge < -0.3 is 10.1 Å². The molecule has 0 atom stereocenters. The largest absolute Gasteiger partial charge is 0.452 e. The van der Waals surface area contributed by atoms with E-state index in [1.54, 1.807) is 12.1 Å². The molecule has 1 N–H and O–H groups in total. The molecule has 0 radical (unpaired) electrons. The summed E-state index contributed by atoms with van der Waals surface area (Å²) in [6.07, 6.45) is 2.89. The van der Waals surface area contributed by atoms with E-state index >= 15 is 0 Å². The van der Waals surface area contributed by atoms with Crippen LogP contribution in [0.25, 0.3) is 6.08 Å². The van der Waals surface area contributed by atoms with Gasteiger partial charge in [0.25, 0.3) is 5.91 Å². The number of carbonyl (C=O) groups is 2. The first-order valence-electron chi connectivity index (χ1n) is 7.00. The van der Waals surface area contributed by atoms with Crippen molar-refractivity contribution < 1.29 is 18.7 Å². The topological polar surface area (TPSA) is 55.4 Å². The molecule has 0 aliphatic carbocycles. The highest BCUT2D eigenvalue weighted by atomic mass is 19.1. The van der Waals surface area contributed by atoms with Crippen LogP contribution in [0.3, 0.4) is 0 Å². The molecule has 2 aromatic rings. The first-order valence-corrected chi connectivity index (χ1v) is 7.00. The van der Waals surface area contributed by atoms with Crippen LogP contribution >= 0.6 is 0 Å². The Morgan fingerprint density at radius 2 is 1.96 bits per heavy atom. The summed E-state index contributed by atoms with van der Waals surface area (Å²) in [4.78, 5) is 23.2. The molecule has 118 valence electrons. The fraction of sp³-hybridized carbons (Fsp3) is 0.111. The molecule has 0 aromatic heterocycles. The number of rotatable bonds is 5. The Morgan fingerprint density at radius 1 is 1.17 bits per heavy atom. The predicted octanol–water partition coefficient (Wildman–Crippen LogP) is 3.33. The summed E-state index contributed by atoms with van der Waals surface area (Å²) in [6, 6.07) is 13.0. The zero-order chi connectivity index (χ0) is 16.7. The summed E-state index contributed by atoms with van der Waals surface area (Å²) in [5, 5.41) is 2.44. The molecule has 0 saturated carbocycles. The lowest BCUT2D eigenvalue weighted by Crippen LogP contribution is -2.20. The zero-order valence-electron chi connectivity index (χ0n) is 12.6. The van der Waals surface area contributed by atoms with Gasteiger partial charge in [0.05, 0.1) is 0 Å². The number of nitrogens with one attached hydrogen (secondary N) is 1. The second-order valence-electron chi connectivity index (χ2n) is 4.86. The summed E-state index contributed by atoms with van der Waals surface area (Å²) in [7, 11) is 0. The predicted molar refractivity (Wildman–Crippen MR) is 86.2 cm³/mol. The Labute approximate surface area is 133 Å². The maximum atomic E-state index is 13.0. The fourth-order valence-electron chi connectivity index (χ4n) is 1.88. The van der Waals surface area contributed by atoms with Gasteiger partial charge in [-0.1, -0.05) is 30.3 Å². The first kappa shape index (κ1) is 16.4. The van der Waals surface area contributed by atoms with Crippen LogP contribution in [0.15, 0.2) is 54.6 Å². The number of hydrogen-bond donors (Lipinski definition) is 1. The number of amides is 1. The smallest absolute Gasteiger partial charge is 0.331 e. The molecule has 0 spiro atoms. The normalized spacial score (nSPS) is 10.5. The van der Waals surface area contributed by atoms with E-state index in [9.17, 15) is 14.0 Å².